The Bertz CT molecular complexity index is 709. The highest BCUT2D eigenvalue weighted by molar-refractivity contribution is 5.94. The van der Waals surface area contributed by atoms with Gasteiger partial charge in [-0.3, -0.25) is 4.79 Å². The second-order valence-corrected chi connectivity index (χ2v) is 7.95. The van der Waals surface area contributed by atoms with E-state index < -0.39 is 0 Å². The molecule has 1 saturated carbocycles. The Morgan fingerprint density at radius 2 is 1.45 bits per heavy atom. The van der Waals surface area contributed by atoms with Gasteiger partial charge in [-0.1, -0.05) is 61.7 Å². The molecule has 0 spiro atoms. The fourth-order valence-corrected chi connectivity index (χ4v) is 3.92. The second-order valence-electron chi connectivity index (χ2n) is 7.95. The van der Waals surface area contributed by atoms with Gasteiger partial charge in [0.15, 0.2) is 0 Å². The average molecular weight is 394 g/mol. The summed E-state index contributed by atoms with van der Waals surface area (Å²) in [5.41, 5.74) is 3.02. The van der Waals surface area contributed by atoms with Crippen LogP contribution in [-0.4, -0.2) is 38.1 Å². The van der Waals surface area contributed by atoms with Gasteiger partial charge in [0, 0.05) is 31.2 Å². The molecule has 0 unspecified atom stereocenters. The number of nitrogens with one attached hydrogen (secondary N) is 3. The average Bonchev–Trinajstić information content (AvgIpc) is 2.79. The first-order valence-corrected chi connectivity index (χ1v) is 11.2. The van der Waals surface area contributed by atoms with E-state index in [1.165, 1.54) is 37.7 Å². The predicted octanol–water partition coefficient (Wildman–Crippen LogP) is 4.38. The zero-order valence-corrected chi connectivity index (χ0v) is 17.5. The molecule has 0 aromatic heterocycles. The van der Waals surface area contributed by atoms with Crippen LogP contribution in [0.4, 0.5) is 0 Å². The van der Waals surface area contributed by atoms with Crippen LogP contribution in [0.1, 0.15) is 55.3 Å². The molecule has 0 atom stereocenters. The molecule has 0 heterocycles. The maximum absolute atomic E-state index is 12.3. The zero-order valence-electron chi connectivity index (χ0n) is 17.5. The van der Waals surface area contributed by atoms with Gasteiger partial charge in [-0.25, -0.2) is 0 Å². The van der Waals surface area contributed by atoms with Crippen LogP contribution in [0.25, 0.3) is 11.1 Å². The number of unbranched alkanes of at least 4 members (excludes halogenated alkanes) is 1. The molecule has 3 N–H and O–H groups in total. The normalized spacial score (nSPS) is 14.6. The lowest BCUT2D eigenvalue weighted by atomic mass is 9.95. The minimum atomic E-state index is 0.00857. The van der Waals surface area contributed by atoms with Gasteiger partial charge in [-0.05, 0) is 55.5 Å². The highest BCUT2D eigenvalue weighted by atomic mass is 16.1. The van der Waals surface area contributed by atoms with Crippen LogP contribution in [0.15, 0.2) is 54.6 Å². The van der Waals surface area contributed by atoms with E-state index in [9.17, 15) is 4.79 Å². The quantitative estimate of drug-likeness (QED) is 0.497. The third-order valence-electron chi connectivity index (χ3n) is 5.66. The van der Waals surface area contributed by atoms with E-state index in [-0.39, 0.29) is 5.91 Å². The van der Waals surface area contributed by atoms with Crippen LogP contribution in [0.2, 0.25) is 0 Å². The summed E-state index contributed by atoms with van der Waals surface area (Å²) in [6.45, 7) is 3.81. The molecule has 2 aromatic rings. The Hall–Kier alpha value is -2.17. The summed E-state index contributed by atoms with van der Waals surface area (Å²) >= 11 is 0. The van der Waals surface area contributed by atoms with Gasteiger partial charge >= 0.3 is 0 Å². The Balaban J connectivity index is 1.23. The fraction of sp³-hybridized carbons (Fsp3) is 0.480. The maximum atomic E-state index is 12.3. The Morgan fingerprint density at radius 1 is 0.759 bits per heavy atom. The van der Waals surface area contributed by atoms with Gasteiger partial charge in [-0.15, -0.1) is 0 Å². The van der Waals surface area contributed by atoms with Crippen molar-refractivity contribution in [1.29, 1.82) is 0 Å². The molecule has 1 aliphatic carbocycles. The second kappa shape index (κ2) is 12.4. The zero-order chi connectivity index (χ0) is 20.2. The van der Waals surface area contributed by atoms with Gasteiger partial charge in [0.1, 0.15) is 0 Å². The van der Waals surface area contributed by atoms with Crippen LogP contribution in [-0.2, 0) is 0 Å². The van der Waals surface area contributed by atoms with Crippen LogP contribution in [0.5, 0.6) is 0 Å². The van der Waals surface area contributed by atoms with Gasteiger partial charge in [0.05, 0.1) is 0 Å². The first-order valence-electron chi connectivity index (χ1n) is 11.2. The molecule has 4 nitrogen and oxygen atoms in total. The standard InChI is InChI=1S/C25H35N3O/c29-25(23-15-13-22(14-16-23)21-9-3-1-4-10-21)28-18-8-7-17-26-19-20-27-24-11-5-2-6-12-24/h1,3-4,9-10,13-16,24,26-27H,2,5-8,11-12,17-20H2,(H,28,29). The first-order chi connectivity index (χ1) is 14.3. The largest absolute Gasteiger partial charge is 0.352 e. The van der Waals surface area contributed by atoms with E-state index in [1.54, 1.807) is 0 Å². The van der Waals surface area contributed by atoms with Crippen molar-refractivity contribution in [3.05, 3.63) is 60.2 Å². The van der Waals surface area contributed by atoms with Crippen LogP contribution < -0.4 is 16.0 Å². The highest BCUT2D eigenvalue weighted by Gasteiger charge is 2.11. The molecule has 156 valence electrons. The number of carbonyl (C=O) groups is 1. The number of amides is 1. The minimum Gasteiger partial charge on any atom is -0.352 e. The smallest absolute Gasteiger partial charge is 0.251 e. The summed E-state index contributed by atoms with van der Waals surface area (Å²) < 4.78 is 0. The van der Waals surface area contributed by atoms with Gasteiger partial charge in [0.25, 0.3) is 5.91 Å². The summed E-state index contributed by atoms with van der Waals surface area (Å²) in [6.07, 6.45) is 8.94. The van der Waals surface area contributed by atoms with Crippen molar-refractivity contribution in [1.82, 2.24) is 16.0 Å². The summed E-state index contributed by atoms with van der Waals surface area (Å²) in [6, 6.07) is 18.8. The van der Waals surface area contributed by atoms with E-state index in [2.05, 4.69) is 28.1 Å². The van der Waals surface area contributed by atoms with E-state index in [0.29, 0.717) is 0 Å². The molecule has 0 bridgehead atoms. The topological polar surface area (TPSA) is 53.2 Å². The van der Waals surface area contributed by atoms with Crippen molar-refractivity contribution in [2.45, 2.75) is 51.0 Å². The summed E-state index contributed by atoms with van der Waals surface area (Å²) in [4.78, 5) is 12.3. The SMILES string of the molecule is O=C(NCCCCNCCNC1CCCCC1)c1ccc(-c2ccccc2)cc1. The van der Waals surface area contributed by atoms with Gasteiger partial charge in [0.2, 0.25) is 0 Å². The summed E-state index contributed by atoms with van der Waals surface area (Å²) in [7, 11) is 0. The van der Waals surface area contributed by atoms with Crippen LogP contribution in [0.3, 0.4) is 0 Å². The first kappa shape index (κ1) is 21.5. The molecule has 2 aromatic carbocycles. The molecule has 3 rings (SSSR count). The maximum Gasteiger partial charge on any atom is 0.251 e. The Kier molecular flexibility index (Phi) is 9.21. The third kappa shape index (κ3) is 7.64. The molecular weight excluding hydrogens is 358 g/mol. The molecule has 29 heavy (non-hydrogen) atoms. The third-order valence-corrected chi connectivity index (χ3v) is 5.66. The van der Waals surface area contributed by atoms with E-state index >= 15 is 0 Å². The lowest BCUT2D eigenvalue weighted by Crippen LogP contribution is -2.36. The van der Waals surface area contributed by atoms with Crippen molar-refractivity contribution in [3.63, 3.8) is 0 Å². The lowest BCUT2D eigenvalue weighted by Gasteiger charge is -2.22. The van der Waals surface area contributed by atoms with Crippen molar-refractivity contribution in [2.75, 3.05) is 26.2 Å². The molecule has 0 radical (unpaired) electrons. The number of hydrogen-bond donors (Lipinski definition) is 3. The molecule has 1 fully saturated rings. The van der Waals surface area contributed by atoms with Crippen molar-refractivity contribution >= 4 is 5.91 Å². The van der Waals surface area contributed by atoms with E-state index in [1.807, 2.05) is 42.5 Å². The van der Waals surface area contributed by atoms with Crippen LogP contribution in [0, 0.1) is 0 Å². The molecule has 1 aliphatic rings. The highest BCUT2D eigenvalue weighted by Crippen LogP contribution is 2.19. The van der Waals surface area contributed by atoms with E-state index in [4.69, 9.17) is 0 Å². The van der Waals surface area contributed by atoms with Crippen molar-refractivity contribution in [2.24, 2.45) is 0 Å². The predicted molar refractivity (Wildman–Crippen MR) is 121 cm³/mol. The number of carbonyl (C=O) groups excluding carboxylic acids is 1. The van der Waals surface area contributed by atoms with Crippen molar-refractivity contribution < 1.29 is 4.79 Å². The van der Waals surface area contributed by atoms with Crippen LogP contribution >= 0.6 is 0 Å². The molecule has 4 heteroatoms. The number of rotatable bonds is 11. The molecule has 0 saturated heterocycles. The van der Waals surface area contributed by atoms with Crippen molar-refractivity contribution in [3.8, 4) is 11.1 Å². The number of hydrogen-bond acceptors (Lipinski definition) is 3. The van der Waals surface area contributed by atoms with E-state index in [0.717, 1.165) is 56.2 Å². The fourth-order valence-electron chi connectivity index (χ4n) is 3.92. The summed E-state index contributed by atoms with van der Waals surface area (Å²) in [5, 5.41) is 10.2. The molecular formula is C25H35N3O. The molecule has 0 aliphatic heterocycles. The monoisotopic (exact) mass is 393 g/mol. The van der Waals surface area contributed by atoms with Gasteiger partial charge in [-0.2, -0.15) is 0 Å². The Morgan fingerprint density at radius 3 is 2.21 bits per heavy atom. The number of benzene rings is 2. The minimum absolute atomic E-state index is 0.00857. The summed E-state index contributed by atoms with van der Waals surface area (Å²) in [5.74, 6) is 0.00857. The van der Waals surface area contributed by atoms with Gasteiger partial charge < -0.3 is 16.0 Å². The Labute approximate surface area is 175 Å². The molecule has 1 amide bonds. The lowest BCUT2D eigenvalue weighted by molar-refractivity contribution is 0.0953.